The minimum atomic E-state index is -3.05. The number of rotatable bonds is 6. The van der Waals surface area contributed by atoms with Crippen molar-refractivity contribution >= 4 is 17.9 Å². The molecule has 0 radical (unpaired) electrons. The van der Waals surface area contributed by atoms with Crippen LogP contribution in [-0.2, 0) is 4.57 Å². The van der Waals surface area contributed by atoms with Gasteiger partial charge in [-0.3, -0.25) is 14.6 Å². The van der Waals surface area contributed by atoms with Gasteiger partial charge in [0.05, 0.1) is 6.04 Å². The van der Waals surface area contributed by atoms with E-state index in [1.807, 2.05) is 72.8 Å². The number of terminal acetylenes is 1. The SMILES string of the molecule is C#CC[C@H](NP(=O)(c1ccccc1)c1ccccc1)c1cccnc1. The molecule has 0 aliphatic heterocycles. The van der Waals surface area contributed by atoms with Crippen molar-refractivity contribution in [3.8, 4) is 12.3 Å². The van der Waals surface area contributed by atoms with Crippen LogP contribution in [0.3, 0.4) is 0 Å². The minimum Gasteiger partial charge on any atom is -0.297 e. The van der Waals surface area contributed by atoms with E-state index in [0.717, 1.165) is 16.2 Å². The van der Waals surface area contributed by atoms with Crippen molar-refractivity contribution in [1.29, 1.82) is 0 Å². The van der Waals surface area contributed by atoms with E-state index in [-0.39, 0.29) is 6.04 Å². The second-order valence-electron chi connectivity index (χ2n) is 5.66. The third-order valence-electron chi connectivity index (χ3n) is 3.99. The summed E-state index contributed by atoms with van der Waals surface area (Å²) in [6.45, 7) is 0. The van der Waals surface area contributed by atoms with Crippen LogP contribution in [0.4, 0.5) is 0 Å². The first-order valence-electron chi connectivity index (χ1n) is 8.06. The van der Waals surface area contributed by atoms with Crippen molar-refractivity contribution < 1.29 is 4.57 Å². The highest BCUT2D eigenvalue weighted by Gasteiger charge is 2.30. The summed E-state index contributed by atoms with van der Waals surface area (Å²) in [6, 6.07) is 22.5. The van der Waals surface area contributed by atoms with Gasteiger partial charge in [-0.1, -0.05) is 42.5 Å². The van der Waals surface area contributed by atoms with Crippen LogP contribution in [0.15, 0.2) is 85.2 Å². The molecule has 0 spiro atoms. The fraction of sp³-hybridized carbons (Fsp3) is 0.0952. The van der Waals surface area contributed by atoms with Gasteiger partial charge < -0.3 is 0 Å². The van der Waals surface area contributed by atoms with Crippen molar-refractivity contribution in [2.45, 2.75) is 12.5 Å². The largest absolute Gasteiger partial charge is 0.297 e. The Kier molecular flexibility index (Phi) is 5.46. The molecule has 2 aromatic carbocycles. The zero-order valence-corrected chi connectivity index (χ0v) is 14.6. The molecule has 3 aromatic rings. The third kappa shape index (κ3) is 3.88. The molecule has 0 fully saturated rings. The second-order valence-corrected chi connectivity index (χ2v) is 8.17. The van der Waals surface area contributed by atoms with E-state index in [1.165, 1.54) is 0 Å². The van der Waals surface area contributed by atoms with Crippen molar-refractivity contribution in [3.05, 3.63) is 90.8 Å². The van der Waals surface area contributed by atoms with E-state index in [4.69, 9.17) is 6.42 Å². The van der Waals surface area contributed by atoms with Gasteiger partial charge in [0, 0.05) is 29.4 Å². The van der Waals surface area contributed by atoms with Crippen LogP contribution in [0.25, 0.3) is 0 Å². The van der Waals surface area contributed by atoms with Crippen molar-refractivity contribution in [1.82, 2.24) is 10.1 Å². The molecular formula is C21H19N2OP. The second kappa shape index (κ2) is 7.94. The smallest absolute Gasteiger partial charge is 0.205 e. The summed E-state index contributed by atoms with van der Waals surface area (Å²) in [6.07, 6.45) is 9.46. The monoisotopic (exact) mass is 346 g/mol. The number of hydrogen-bond donors (Lipinski definition) is 1. The molecule has 25 heavy (non-hydrogen) atoms. The average molecular weight is 346 g/mol. The Balaban J connectivity index is 2.06. The zero-order valence-electron chi connectivity index (χ0n) is 13.7. The Hall–Kier alpha value is -2.66. The highest BCUT2D eigenvalue weighted by molar-refractivity contribution is 7.76. The van der Waals surface area contributed by atoms with Gasteiger partial charge in [0.2, 0.25) is 7.29 Å². The van der Waals surface area contributed by atoms with E-state index >= 15 is 0 Å². The predicted molar refractivity (Wildman–Crippen MR) is 103 cm³/mol. The van der Waals surface area contributed by atoms with Crippen LogP contribution in [0.5, 0.6) is 0 Å². The highest BCUT2D eigenvalue weighted by atomic mass is 31.2. The number of aromatic nitrogens is 1. The molecule has 0 aliphatic rings. The number of nitrogens with zero attached hydrogens (tertiary/aromatic N) is 1. The minimum absolute atomic E-state index is 0.245. The maximum atomic E-state index is 14.1. The molecule has 1 aromatic heterocycles. The quantitative estimate of drug-likeness (QED) is 0.547. The van der Waals surface area contributed by atoms with E-state index in [1.54, 1.807) is 12.4 Å². The average Bonchev–Trinajstić information content (AvgIpc) is 2.69. The van der Waals surface area contributed by atoms with Crippen LogP contribution < -0.4 is 15.7 Å². The van der Waals surface area contributed by atoms with Gasteiger partial charge in [0.15, 0.2) is 0 Å². The summed E-state index contributed by atoms with van der Waals surface area (Å²) in [7, 11) is -3.05. The molecule has 0 bridgehead atoms. The molecule has 0 saturated carbocycles. The Labute approximate surface area is 148 Å². The lowest BCUT2D eigenvalue weighted by Gasteiger charge is -2.26. The van der Waals surface area contributed by atoms with Crippen LogP contribution in [0.1, 0.15) is 18.0 Å². The van der Waals surface area contributed by atoms with Crippen molar-refractivity contribution in [3.63, 3.8) is 0 Å². The van der Waals surface area contributed by atoms with Crippen molar-refractivity contribution in [2.75, 3.05) is 0 Å². The summed E-state index contributed by atoms with van der Waals surface area (Å²) < 4.78 is 14.1. The molecule has 0 amide bonds. The van der Waals surface area contributed by atoms with E-state index in [9.17, 15) is 4.57 Å². The van der Waals surface area contributed by atoms with Gasteiger partial charge in [-0.05, 0) is 35.9 Å². The fourth-order valence-electron chi connectivity index (χ4n) is 2.73. The number of hydrogen-bond acceptors (Lipinski definition) is 2. The molecule has 3 nitrogen and oxygen atoms in total. The highest BCUT2D eigenvalue weighted by Crippen LogP contribution is 2.42. The van der Waals surface area contributed by atoms with Crippen LogP contribution in [0.2, 0.25) is 0 Å². The summed E-state index contributed by atoms with van der Waals surface area (Å²) >= 11 is 0. The third-order valence-corrected chi connectivity index (χ3v) is 6.71. The van der Waals surface area contributed by atoms with Crippen molar-refractivity contribution in [2.24, 2.45) is 0 Å². The molecule has 124 valence electrons. The molecule has 1 heterocycles. The molecule has 3 rings (SSSR count). The number of nitrogens with one attached hydrogen (secondary N) is 1. The van der Waals surface area contributed by atoms with Gasteiger partial charge in [-0.2, -0.15) is 0 Å². The molecular weight excluding hydrogens is 327 g/mol. The molecule has 1 atom stereocenters. The lowest BCUT2D eigenvalue weighted by molar-refractivity contribution is 0.562. The molecule has 4 heteroatoms. The number of pyridine rings is 1. The zero-order chi connectivity index (χ0) is 17.5. The number of benzene rings is 2. The van der Waals surface area contributed by atoms with Gasteiger partial charge >= 0.3 is 0 Å². The van der Waals surface area contributed by atoms with Crippen LogP contribution >= 0.6 is 7.29 Å². The summed E-state index contributed by atoms with van der Waals surface area (Å²) in [5.41, 5.74) is 0.924. The maximum absolute atomic E-state index is 14.1. The fourth-order valence-corrected chi connectivity index (χ4v) is 5.19. The lowest BCUT2D eigenvalue weighted by atomic mass is 10.1. The predicted octanol–water partition coefficient (Wildman–Crippen LogP) is 3.66. The molecule has 0 unspecified atom stereocenters. The topological polar surface area (TPSA) is 42.0 Å². The Morgan fingerprint density at radius 3 is 2.04 bits per heavy atom. The lowest BCUT2D eigenvalue weighted by Crippen LogP contribution is -2.30. The standard InChI is InChI=1S/C21H19N2OP/c1-2-10-21(18-11-9-16-22-17-18)23-25(24,19-12-5-3-6-13-19)20-14-7-4-8-15-20/h1,3-9,11-17,21H,10H2,(H,23,24)/t21-/m0/s1. The Morgan fingerprint density at radius 1 is 0.960 bits per heavy atom. The summed E-state index contributed by atoms with van der Waals surface area (Å²) in [4.78, 5) is 4.17. The maximum Gasteiger partial charge on any atom is 0.205 e. The molecule has 0 saturated heterocycles. The summed E-state index contributed by atoms with van der Waals surface area (Å²) in [5.74, 6) is 2.68. The van der Waals surface area contributed by atoms with Crippen LogP contribution in [0, 0.1) is 12.3 Å². The first kappa shape index (κ1) is 17.2. The van der Waals surface area contributed by atoms with E-state index in [2.05, 4.69) is 16.0 Å². The first-order valence-corrected chi connectivity index (χ1v) is 9.77. The molecule has 1 N–H and O–H groups in total. The van der Waals surface area contributed by atoms with Gasteiger partial charge in [-0.15, -0.1) is 12.3 Å². The normalized spacial score (nSPS) is 12.3. The first-order chi connectivity index (χ1) is 12.2. The Bertz CT molecular complexity index is 846. The van der Waals surface area contributed by atoms with Gasteiger partial charge in [0.1, 0.15) is 0 Å². The van der Waals surface area contributed by atoms with Gasteiger partial charge in [-0.25, -0.2) is 0 Å². The Morgan fingerprint density at radius 2 is 1.56 bits per heavy atom. The van der Waals surface area contributed by atoms with Gasteiger partial charge in [0.25, 0.3) is 0 Å². The summed E-state index contributed by atoms with van der Waals surface area (Å²) in [5, 5.41) is 4.87. The molecule has 0 aliphatic carbocycles. The van der Waals surface area contributed by atoms with Crippen LogP contribution in [-0.4, -0.2) is 4.98 Å². The van der Waals surface area contributed by atoms with E-state index in [0.29, 0.717) is 6.42 Å². The van der Waals surface area contributed by atoms with E-state index < -0.39 is 7.29 Å².